The summed E-state index contributed by atoms with van der Waals surface area (Å²) in [7, 11) is 1.67. The Balaban J connectivity index is 2.58. The Kier molecular flexibility index (Phi) is 3.99. The van der Waals surface area contributed by atoms with Gasteiger partial charge >= 0.3 is 0 Å². The van der Waals surface area contributed by atoms with E-state index in [-0.39, 0.29) is 6.04 Å². The molecule has 0 bridgehead atoms. The summed E-state index contributed by atoms with van der Waals surface area (Å²) in [5.74, 6) is 0. The molecule has 0 saturated carbocycles. The second-order valence-electron chi connectivity index (χ2n) is 2.84. The van der Waals surface area contributed by atoms with E-state index in [1.54, 1.807) is 13.3 Å². The molecule has 0 amide bonds. The minimum absolute atomic E-state index is 0.228. The number of methoxy groups -OCH3 is 1. The van der Waals surface area contributed by atoms with Crippen molar-refractivity contribution in [3.63, 3.8) is 0 Å². The maximum Gasteiger partial charge on any atom is 0.152 e. The van der Waals surface area contributed by atoms with Gasteiger partial charge in [-0.25, -0.2) is 4.98 Å². The van der Waals surface area contributed by atoms with Crippen LogP contribution in [-0.2, 0) is 4.74 Å². The van der Waals surface area contributed by atoms with Gasteiger partial charge in [-0.15, -0.1) is 0 Å². The van der Waals surface area contributed by atoms with Crippen molar-refractivity contribution in [3.8, 4) is 0 Å². The Bertz CT molecular complexity index is 268. The lowest BCUT2D eigenvalue weighted by molar-refractivity contribution is 0.190. The van der Waals surface area contributed by atoms with Gasteiger partial charge in [-0.3, -0.25) is 0 Å². The molecule has 72 valence electrons. The molecule has 1 aromatic rings. The van der Waals surface area contributed by atoms with Crippen LogP contribution in [0.4, 0.5) is 5.69 Å². The zero-order valence-electron chi connectivity index (χ0n) is 7.75. The van der Waals surface area contributed by atoms with Gasteiger partial charge in [0, 0.05) is 19.3 Å². The number of aromatic nitrogens is 1. The number of nitrogens with one attached hydrogen (secondary N) is 1. The molecule has 0 radical (unpaired) electrons. The number of anilines is 1. The summed E-state index contributed by atoms with van der Waals surface area (Å²) in [5, 5.41) is 3.68. The Hall–Kier alpha value is -0.800. The van der Waals surface area contributed by atoms with Crippen molar-refractivity contribution in [2.45, 2.75) is 13.0 Å². The summed E-state index contributed by atoms with van der Waals surface area (Å²) in [6.07, 6.45) is 1.66. The van der Waals surface area contributed by atoms with E-state index in [1.807, 2.05) is 19.1 Å². The van der Waals surface area contributed by atoms with Crippen molar-refractivity contribution in [2.24, 2.45) is 0 Å². The van der Waals surface area contributed by atoms with Crippen LogP contribution < -0.4 is 5.32 Å². The first-order valence-electron chi connectivity index (χ1n) is 4.10. The molecule has 3 nitrogen and oxygen atoms in total. The van der Waals surface area contributed by atoms with Gasteiger partial charge in [-0.05, 0) is 19.1 Å². The van der Waals surface area contributed by atoms with Crippen molar-refractivity contribution in [1.82, 2.24) is 4.98 Å². The molecule has 0 aromatic carbocycles. The highest BCUT2D eigenvalue weighted by Gasteiger charge is 2.04. The molecule has 1 atom stereocenters. The summed E-state index contributed by atoms with van der Waals surface area (Å²) in [4.78, 5) is 3.95. The molecule has 13 heavy (non-hydrogen) atoms. The average Bonchev–Trinajstić information content (AvgIpc) is 2.09. The van der Waals surface area contributed by atoms with Crippen LogP contribution in [0.25, 0.3) is 0 Å². The van der Waals surface area contributed by atoms with Gasteiger partial charge in [-0.2, -0.15) is 0 Å². The van der Waals surface area contributed by atoms with Crippen molar-refractivity contribution in [2.75, 3.05) is 19.0 Å². The van der Waals surface area contributed by atoms with Crippen LogP contribution in [0.3, 0.4) is 0 Å². The van der Waals surface area contributed by atoms with Crippen molar-refractivity contribution in [1.29, 1.82) is 0 Å². The number of rotatable bonds is 4. The maximum atomic E-state index is 5.85. The van der Waals surface area contributed by atoms with Crippen molar-refractivity contribution in [3.05, 3.63) is 23.5 Å². The van der Waals surface area contributed by atoms with Crippen molar-refractivity contribution >= 4 is 17.3 Å². The maximum absolute atomic E-state index is 5.85. The molecule has 1 aromatic heterocycles. The Labute approximate surface area is 83.1 Å². The minimum Gasteiger partial charge on any atom is -0.383 e. The number of nitrogens with zero attached hydrogens (tertiary/aromatic N) is 1. The van der Waals surface area contributed by atoms with E-state index in [0.717, 1.165) is 5.69 Å². The smallest absolute Gasteiger partial charge is 0.152 e. The average molecular weight is 201 g/mol. The molecule has 1 N–H and O–H groups in total. The summed E-state index contributed by atoms with van der Waals surface area (Å²) in [6.45, 7) is 2.66. The molecular formula is C9H13ClN2O. The van der Waals surface area contributed by atoms with E-state index in [9.17, 15) is 0 Å². The topological polar surface area (TPSA) is 34.1 Å². The predicted octanol–water partition coefficient (Wildman–Crippen LogP) is 2.18. The van der Waals surface area contributed by atoms with Crippen molar-refractivity contribution < 1.29 is 4.74 Å². The third-order valence-corrected chi connectivity index (χ3v) is 1.88. The van der Waals surface area contributed by atoms with Crippen LogP contribution in [0.1, 0.15) is 6.92 Å². The number of pyridine rings is 1. The van der Waals surface area contributed by atoms with E-state index in [0.29, 0.717) is 11.8 Å². The van der Waals surface area contributed by atoms with Crippen LogP contribution in [0.5, 0.6) is 0 Å². The molecule has 4 heteroatoms. The highest BCUT2D eigenvalue weighted by Crippen LogP contribution is 2.18. The van der Waals surface area contributed by atoms with Gasteiger partial charge in [0.05, 0.1) is 12.3 Å². The highest BCUT2D eigenvalue weighted by molar-refractivity contribution is 6.31. The molecule has 0 fully saturated rings. The van der Waals surface area contributed by atoms with E-state index >= 15 is 0 Å². The van der Waals surface area contributed by atoms with Gasteiger partial charge in [0.2, 0.25) is 0 Å². The molecule has 0 aliphatic rings. The largest absolute Gasteiger partial charge is 0.383 e. The molecule has 1 unspecified atom stereocenters. The molecule has 0 saturated heterocycles. The SMILES string of the molecule is COCC(C)Nc1cccnc1Cl. The lowest BCUT2D eigenvalue weighted by atomic mass is 10.3. The Morgan fingerprint density at radius 1 is 1.69 bits per heavy atom. The molecule has 0 aliphatic carbocycles. The fraction of sp³-hybridized carbons (Fsp3) is 0.444. The molecule has 1 rings (SSSR count). The summed E-state index contributed by atoms with van der Waals surface area (Å²) in [5.41, 5.74) is 0.841. The fourth-order valence-electron chi connectivity index (χ4n) is 1.05. The van der Waals surface area contributed by atoms with Crippen LogP contribution in [0, 0.1) is 0 Å². The van der Waals surface area contributed by atoms with E-state index in [1.165, 1.54) is 0 Å². The highest BCUT2D eigenvalue weighted by atomic mass is 35.5. The van der Waals surface area contributed by atoms with Gasteiger partial charge in [0.25, 0.3) is 0 Å². The number of hydrogen-bond acceptors (Lipinski definition) is 3. The molecule has 0 spiro atoms. The third-order valence-electron chi connectivity index (χ3n) is 1.58. The van der Waals surface area contributed by atoms with E-state index in [4.69, 9.17) is 16.3 Å². The van der Waals surface area contributed by atoms with Gasteiger partial charge < -0.3 is 10.1 Å². The first-order chi connectivity index (χ1) is 6.24. The van der Waals surface area contributed by atoms with Crippen LogP contribution in [-0.4, -0.2) is 24.7 Å². The molecule has 0 aliphatic heterocycles. The normalized spacial score (nSPS) is 12.5. The summed E-state index contributed by atoms with van der Waals surface area (Å²) >= 11 is 5.85. The number of halogens is 1. The summed E-state index contributed by atoms with van der Waals surface area (Å²) < 4.78 is 4.99. The first-order valence-corrected chi connectivity index (χ1v) is 4.48. The predicted molar refractivity (Wildman–Crippen MR) is 54.2 cm³/mol. The number of hydrogen-bond donors (Lipinski definition) is 1. The molecular weight excluding hydrogens is 188 g/mol. The quantitative estimate of drug-likeness (QED) is 0.757. The van der Waals surface area contributed by atoms with E-state index in [2.05, 4.69) is 10.3 Å². The molecule has 1 heterocycles. The second-order valence-corrected chi connectivity index (χ2v) is 3.20. The zero-order valence-corrected chi connectivity index (χ0v) is 8.51. The standard InChI is InChI=1S/C9H13ClN2O/c1-7(6-13-2)12-8-4-3-5-11-9(8)10/h3-5,7,12H,6H2,1-2H3. The second kappa shape index (κ2) is 5.04. The van der Waals surface area contributed by atoms with Crippen LogP contribution >= 0.6 is 11.6 Å². The number of ether oxygens (including phenoxy) is 1. The van der Waals surface area contributed by atoms with Gasteiger partial charge in [0.15, 0.2) is 5.15 Å². The lowest BCUT2D eigenvalue weighted by Gasteiger charge is -2.14. The third kappa shape index (κ3) is 3.20. The summed E-state index contributed by atoms with van der Waals surface area (Å²) in [6, 6.07) is 3.96. The Morgan fingerprint density at radius 3 is 3.08 bits per heavy atom. The lowest BCUT2D eigenvalue weighted by Crippen LogP contribution is -2.20. The minimum atomic E-state index is 0.228. The van der Waals surface area contributed by atoms with Gasteiger partial charge in [0.1, 0.15) is 0 Å². The Morgan fingerprint density at radius 2 is 2.46 bits per heavy atom. The van der Waals surface area contributed by atoms with Crippen LogP contribution in [0.15, 0.2) is 18.3 Å². The fourth-order valence-corrected chi connectivity index (χ4v) is 1.22. The zero-order chi connectivity index (χ0) is 9.68. The van der Waals surface area contributed by atoms with Gasteiger partial charge in [-0.1, -0.05) is 11.6 Å². The van der Waals surface area contributed by atoms with E-state index < -0.39 is 0 Å². The monoisotopic (exact) mass is 200 g/mol. The van der Waals surface area contributed by atoms with Crippen LogP contribution in [0.2, 0.25) is 5.15 Å². The first kappa shape index (κ1) is 10.3.